The SMILES string of the molecule is O/N=C/c1c(-c2ccc(F)cc2)nc2ccc(Br)cn12. The van der Waals surface area contributed by atoms with Crippen LogP contribution in [0, 0.1) is 5.82 Å². The van der Waals surface area contributed by atoms with E-state index < -0.39 is 0 Å². The molecule has 1 aromatic carbocycles. The van der Waals surface area contributed by atoms with Gasteiger partial charge in [-0.2, -0.15) is 0 Å². The number of hydrogen-bond acceptors (Lipinski definition) is 3. The third kappa shape index (κ3) is 2.18. The largest absolute Gasteiger partial charge is 0.411 e. The van der Waals surface area contributed by atoms with Crippen LogP contribution in [0.25, 0.3) is 16.9 Å². The Bertz CT molecular complexity index is 796. The zero-order valence-electron chi connectivity index (χ0n) is 10.2. The van der Waals surface area contributed by atoms with Crippen molar-refractivity contribution in [2.75, 3.05) is 0 Å². The van der Waals surface area contributed by atoms with E-state index in [9.17, 15) is 4.39 Å². The molecule has 0 aliphatic rings. The van der Waals surface area contributed by atoms with E-state index in [1.165, 1.54) is 18.3 Å². The molecule has 0 aliphatic heterocycles. The van der Waals surface area contributed by atoms with Gasteiger partial charge in [-0.25, -0.2) is 9.37 Å². The molecule has 0 unspecified atom stereocenters. The van der Waals surface area contributed by atoms with Gasteiger partial charge in [0.2, 0.25) is 0 Å². The average molecular weight is 334 g/mol. The minimum Gasteiger partial charge on any atom is -0.411 e. The Labute approximate surface area is 122 Å². The van der Waals surface area contributed by atoms with Crippen molar-refractivity contribution in [3.63, 3.8) is 0 Å². The molecule has 0 spiro atoms. The molecule has 0 fully saturated rings. The topological polar surface area (TPSA) is 49.9 Å². The van der Waals surface area contributed by atoms with Gasteiger partial charge in [0.05, 0.1) is 17.6 Å². The summed E-state index contributed by atoms with van der Waals surface area (Å²) in [4.78, 5) is 4.49. The molecule has 0 bridgehead atoms. The molecule has 1 N–H and O–H groups in total. The van der Waals surface area contributed by atoms with E-state index in [4.69, 9.17) is 5.21 Å². The Balaban J connectivity index is 2.29. The summed E-state index contributed by atoms with van der Waals surface area (Å²) in [6.07, 6.45) is 3.14. The summed E-state index contributed by atoms with van der Waals surface area (Å²) in [5.74, 6) is -0.308. The fourth-order valence-electron chi connectivity index (χ4n) is 2.04. The average Bonchev–Trinajstić information content (AvgIpc) is 2.79. The first kappa shape index (κ1) is 12.8. The first-order valence-electron chi connectivity index (χ1n) is 5.80. The summed E-state index contributed by atoms with van der Waals surface area (Å²) in [6.45, 7) is 0. The van der Waals surface area contributed by atoms with Crippen LogP contribution in [0.15, 0.2) is 52.2 Å². The zero-order valence-corrected chi connectivity index (χ0v) is 11.7. The van der Waals surface area contributed by atoms with Crippen molar-refractivity contribution in [3.8, 4) is 11.3 Å². The van der Waals surface area contributed by atoms with E-state index >= 15 is 0 Å². The van der Waals surface area contributed by atoms with Gasteiger partial charge in [0.15, 0.2) is 0 Å². The lowest BCUT2D eigenvalue weighted by molar-refractivity contribution is 0.321. The Hall–Kier alpha value is -2.21. The smallest absolute Gasteiger partial charge is 0.138 e. The molecule has 0 saturated carbocycles. The maximum absolute atomic E-state index is 13.0. The van der Waals surface area contributed by atoms with Crippen molar-refractivity contribution in [3.05, 3.63) is 58.6 Å². The van der Waals surface area contributed by atoms with Crippen LogP contribution >= 0.6 is 15.9 Å². The van der Waals surface area contributed by atoms with Crippen molar-refractivity contribution in [1.29, 1.82) is 0 Å². The van der Waals surface area contributed by atoms with Gasteiger partial charge >= 0.3 is 0 Å². The van der Waals surface area contributed by atoms with Crippen LogP contribution in [-0.4, -0.2) is 20.8 Å². The highest BCUT2D eigenvalue weighted by molar-refractivity contribution is 9.10. The monoisotopic (exact) mass is 333 g/mol. The minimum absolute atomic E-state index is 0.308. The summed E-state index contributed by atoms with van der Waals surface area (Å²) in [5.41, 5.74) is 2.71. The van der Waals surface area contributed by atoms with Crippen LogP contribution in [0.4, 0.5) is 4.39 Å². The minimum atomic E-state index is -0.308. The third-order valence-corrected chi connectivity index (χ3v) is 3.39. The van der Waals surface area contributed by atoms with Crippen LogP contribution in [0.2, 0.25) is 0 Å². The molecule has 6 heteroatoms. The van der Waals surface area contributed by atoms with Crippen molar-refractivity contribution in [2.45, 2.75) is 0 Å². The van der Waals surface area contributed by atoms with E-state index in [-0.39, 0.29) is 5.82 Å². The molecule has 0 aliphatic carbocycles. The first-order valence-corrected chi connectivity index (χ1v) is 6.59. The van der Waals surface area contributed by atoms with E-state index in [2.05, 4.69) is 26.1 Å². The molecule has 0 saturated heterocycles. The van der Waals surface area contributed by atoms with Gasteiger partial charge in [0.25, 0.3) is 0 Å². The number of hydrogen-bond donors (Lipinski definition) is 1. The van der Waals surface area contributed by atoms with Gasteiger partial charge in [-0.1, -0.05) is 5.16 Å². The maximum atomic E-state index is 13.0. The molecule has 2 heterocycles. The number of fused-ring (bicyclic) bond motifs is 1. The number of oxime groups is 1. The van der Waals surface area contributed by atoms with Crippen molar-refractivity contribution < 1.29 is 9.60 Å². The fourth-order valence-corrected chi connectivity index (χ4v) is 2.37. The Kier molecular flexibility index (Phi) is 3.23. The van der Waals surface area contributed by atoms with Crippen molar-refractivity contribution >= 4 is 27.8 Å². The van der Waals surface area contributed by atoms with Crippen LogP contribution in [-0.2, 0) is 0 Å². The molecule has 2 aromatic heterocycles. The quantitative estimate of drug-likeness (QED) is 0.441. The number of halogens is 2. The highest BCUT2D eigenvalue weighted by Crippen LogP contribution is 2.25. The van der Waals surface area contributed by atoms with E-state index in [0.29, 0.717) is 17.0 Å². The molecular weight excluding hydrogens is 325 g/mol. The zero-order chi connectivity index (χ0) is 14.1. The van der Waals surface area contributed by atoms with Crippen molar-refractivity contribution in [2.24, 2.45) is 5.16 Å². The van der Waals surface area contributed by atoms with Gasteiger partial charge in [0.1, 0.15) is 11.5 Å². The van der Waals surface area contributed by atoms with Crippen LogP contribution in [0.1, 0.15) is 5.69 Å². The normalized spacial score (nSPS) is 11.5. The fraction of sp³-hybridized carbons (Fsp3) is 0. The number of benzene rings is 1. The second-order valence-electron chi connectivity index (χ2n) is 4.17. The van der Waals surface area contributed by atoms with Crippen LogP contribution in [0.5, 0.6) is 0 Å². The van der Waals surface area contributed by atoms with E-state index in [1.807, 2.05) is 18.3 Å². The second kappa shape index (κ2) is 5.05. The summed E-state index contributed by atoms with van der Waals surface area (Å²) in [6, 6.07) is 9.73. The molecule has 0 amide bonds. The van der Waals surface area contributed by atoms with Crippen LogP contribution < -0.4 is 0 Å². The maximum Gasteiger partial charge on any atom is 0.138 e. The number of nitrogens with zero attached hydrogens (tertiary/aromatic N) is 3. The number of aromatic nitrogens is 2. The van der Waals surface area contributed by atoms with E-state index in [1.54, 1.807) is 16.5 Å². The summed E-state index contributed by atoms with van der Waals surface area (Å²) in [7, 11) is 0. The molecule has 20 heavy (non-hydrogen) atoms. The predicted molar refractivity (Wildman–Crippen MR) is 77.7 cm³/mol. The Morgan fingerprint density at radius 2 is 1.95 bits per heavy atom. The van der Waals surface area contributed by atoms with Crippen molar-refractivity contribution in [1.82, 2.24) is 9.38 Å². The molecular formula is C14H9BrFN3O. The molecule has 0 atom stereocenters. The lowest BCUT2D eigenvalue weighted by atomic mass is 10.1. The number of imidazole rings is 1. The number of pyridine rings is 1. The number of rotatable bonds is 2. The lowest BCUT2D eigenvalue weighted by Crippen LogP contribution is -1.93. The highest BCUT2D eigenvalue weighted by Gasteiger charge is 2.13. The lowest BCUT2D eigenvalue weighted by Gasteiger charge is -2.00. The van der Waals surface area contributed by atoms with E-state index in [0.717, 1.165) is 10.0 Å². The summed E-state index contributed by atoms with van der Waals surface area (Å²) < 4.78 is 15.7. The molecule has 0 radical (unpaired) electrons. The van der Waals surface area contributed by atoms with Crippen LogP contribution in [0.3, 0.4) is 0 Å². The first-order chi connectivity index (χ1) is 9.69. The summed E-state index contributed by atoms with van der Waals surface area (Å²) in [5, 5.41) is 11.9. The predicted octanol–water partition coefficient (Wildman–Crippen LogP) is 3.71. The molecule has 100 valence electrons. The highest BCUT2D eigenvalue weighted by atomic mass is 79.9. The van der Waals surface area contributed by atoms with Gasteiger partial charge in [-0.05, 0) is 52.3 Å². The Morgan fingerprint density at radius 3 is 2.65 bits per heavy atom. The standard InChI is InChI=1S/C14H9BrFN3O/c15-10-3-6-13-18-14(9-1-4-11(16)5-2-9)12(7-17-20)19(13)8-10/h1-8,20H/b17-7+. The summed E-state index contributed by atoms with van der Waals surface area (Å²) >= 11 is 3.39. The van der Waals surface area contributed by atoms with Gasteiger partial charge in [-0.15, -0.1) is 0 Å². The molecule has 3 rings (SSSR count). The second-order valence-corrected chi connectivity index (χ2v) is 5.09. The molecule has 4 nitrogen and oxygen atoms in total. The molecule has 3 aromatic rings. The Morgan fingerprint density at radius 1 is 1.20 bits per heavy atom. The van der Waals surface area contributed by atoms with Gasteiger partial charge in [-0.3, -0.25) is 4.40 Å². The third-order valence-electron chi connectivity index (χ3n) is 2.92. The van der Waals surface area contributed by atoms with Gasteiger partial charge < -0.3 is 5.21 Å². The van der Waals surface area contributed by atoms with Gasteiger partial charge in [0, 0.05) is 16.2 Å².